The Kier molecular flexibility index (Phi) is 4.19. The summed E-state index contributed by atoms with van der Waals surface area (Å²) in [5, 5.41) is 10.1. The van der Waals surface area contributed by atoms with E-state index in [0.29, 0.717) is 4.88 Å². The zero-order valence-electron chi connectivity index (χ0n) is 10.8. The van der Waals surface area contributed by atoms with Gasteiger partial charge in [-0.1, -0.05) is 24.7 Å². The van der Waals surface area contributed by atoms with Gasteiger partial charge in [-0.05, 0) is 13.5 Å². The van der Waals surface area contributed by atoms with Crippen LogP contribution in [0.4, 0.5) is 5.13 Å². The molecule has 0 atom stereocenters. The second kappa shape index (κ2) is 5.67. The highest BCUT2D eigenvalue weighted by Gasteiger charge is 2.22. The number of thiazole rings is 1. The molecular weight excluding hydrogens is 250 g/mol. The topological polar surface area (TPSA) is 56.7 Å². The summed E-state index contributed by atoms with van der Waals surface area (Å²) >= 11 is 1.31. The maximum Gasteiger partial charge on any atom is 0.347 e. The zero-order chi connectivity index (χ0) is 13.1. The van der Waals surface area contributed by atoms with Crippen LogP contribution in [0.2, 0.25) is 0 Å². The minimum absolute atomic E-state index is 0.408. The van der Waals surface area contributed by atoms with Crippen molar-refractivity contribution in [3.05, 3.63) is 10.6 Å². The monoisotopic (exact) mass is 269 g/mol. The highest BCUT2D eigenvalue weighted by Crippen LogP contribution is 2.28. The van der Waals surface area contributed by atoms with Gasteiger partial charge < -0.3 is 14.9 Å². The summed E-state index contributed by atoms with van der Waals surface area (Å²) in [6.45, 7) is 5.90. The Morgan fingerprint density at radius 1 is 1.39 bits per heavy atom. The first-order chi connectivity index (χ1) is 8.61. The number of rotatable bonds is 4. The van der Waals surface area contributed by atoms with Crippen LogP contribution in [0.25, 0.3) is 0 Å². The standard InChI is InChI=1S/C12H19N3O2S/c1-3-4-9-10(11(16)17)18-12(13-9)15-7-5-14(2)6-8-15/h3-8H2,1-2H3,(H,16,17). The average molecular weight is 269 g/mol. The van der Waals surface area contributed by atoms with E-state index in [0.717, 1.165) is 49.8 Å². The summed E-state index contributed by atoms with van der Waals surface area (Å²) in [6, 6.07) is 0. The molecule has 1 aromatic rings. The minimum Gasteiger partial charge on any atom is -0.477 e. The van der Waals surface area contributed by atoms with Crippen molar-refractivity contribution >= 4 is 22.4 Å². The third kappa shape index (κ3) is 2.81. The van der Waals surface area contributed by atoms with Crippen molar-refractivity contribution in [2.45, 2.75) is 19.8 Å². The maximum atomic E-state index is 11.2. The van der Waals surface area contributed by atoms with Crippen LogP contribution in [0.15, 0.2) is 0 Å². The fraction of sp³-hybridized carbons (Fsp3) is 0.667. The number of carboxylic acid groups (broad SMARTS) is 1. The number of aryl methyl sites for hydroxylation is 1. The van der Waals surface area contributed by atoms with Gasteiger partial charge in [-0.2, -0.15) is 0 Å². The number of aromatic nitrogens is 1. The molecule has 1 fully saturated rings. The first kappa shape index (κ1) is 13.3. The number of carbonyl (C=O) groups is 1. The van der Waals surface area contributed by atoms with Gasteiger partial charge in [0.25, 0.3) is 0 Å². The summed E-state index contributed by atoms with van der Waals surface area (Å²) in [5.74, 6) is -0.851. The molecule has 0 amide bonds. The molecular formula is C12H19N3O2S. The lowest BCUT2D eigenvalue weighted by Crippen LogP contribution is -2.44. The predicted molar refractivity (Wildman–Crippen MR) is 72.8 cm³/mol. The van der Waals surface area contributed by atoms with Gasteiger partial charge in [-0.3, -0.25) is 0 Å². The molecule has 18 heavy (non-hydrogen) atoms. The van der Waals surface area contributed by atoms with E-state index in [-0.39, 0.29) is 0 Å². The van der Waals surface area contributed by atoms with E-state index in [9.17, 15) is 9.90 Å². The van der Waals surface area contributed by atoms with E-state index in [2.05, 4.69) is 21.8 Å². The summed E-state index contributed by atoms with van der Waals surface area (Å²) in [5.41, 5.74) is 0.740. The van der Waals surface area contributed by atoms with Crippen molar-refractivity contribution in [2.24, 2.45) is 0 Å². The van der Waals surface area contributed by atoms with E-state index in [1.54, 1.807) is 0 Å². The lowest BCUT2D eigenvalue weighted by atomic mass is 10.2. The van der Waals surface area contributed by atoms with Crippen molar-refractivity contribution in [3.63, 3.8) is 0 Å². The van der Waals surface area contributed by atoms with E-state index in [1.165, 1.54) is 11.3 Å². The van der Waals surface area contributed by atoms with Crippen LogP contribution in [-0.4, -0.2) is 54.2 Å². The number of hydrogen-bond donors (Lipinski definition) is 1. The third-order valence-corrected chi connectivity index (χ3v) is 4.29. The van der Waals surface area contributed by atoms with Crippen LogP contribution in [0.3, 0.4) is 0 Å². The van der Waals surface area contributed by atoms with Gasteiger partial charge in [0.2, 0.25) is 0 Å². The zero-order valence-corrected chi connectivity index (χ0v) is 11.7. The van der Waals surface area contributed by atoms with Crippen LogP contribution in [0, 0.1) is 0 Å². The van der Waals surface area contributed by atoms with Crippen molar-refractivity contribution < 1.29 is 9.90 Å². The predicted octanol–water partition coefficient (Wildman–Crippen LogP) is 1.55. The molecule has 5 nitrogen and oxygen atoms in total. The highest BCUT2D eigenvalue weighted by molar-refractivity contribution is 7.17. The summed E-state index contributed by atoms with van der Waals surface area (Å²) in [7, 11) is 2.10. The largest absolute Gasteiger partial charge is 0.477 e. The Balaban J connectivity index is 2.18. The Hall–Kier alpha value is -1.14. The van der Waals surface area contributed by atoms with Crippen molar-refractivity contribution in [1.29, 1.82) is 0 Å². The number of carboxylic acids is 1. The van der Waals surface area contributed by atoms with Crippen LogP contribution in [0.5, 0.6) is 0 Å². The average Bonchev–Trinajstić information content (AvgIpc) is 2.75. The molecule has 2 heterocycles. The van der Waals surface area contributed by atoms with Gasteiger partial charge in [-0.25, -0.2) is 9.78 Å². The molecule has 1 saturated heterocycles. The molecule has 1 aliphatic heterocycles. The first-order valence-corrected chi connectivity index (χ1v) is 7.10. The molecule has 0 bridgehead atoms. The molecule has 0 aliphatic carbocycles. The molecule has 0 spiro atoms. The van der Waals surface area contributed by atoms with E-state index in [4.69, 9.17) is 0 Å². The van der Waals surface area contributed by atoms with Gasteiger partial charge in [0.1, 0.15) is 4.88 Å². The molecule has 1 N–H and O–H groups in total. The lowest BCUT2D eigenvalue weighted by molar-refractivity contribution is 0.0700. The third-order valence-electron chi connectivity index (χ3n) is 3.14. The van der Waals surface area contributed by atoms with Crippen LogP contribution in [-0.2, 0) is 6.42 Å². The molecule has 100 valence electrons. The van der Waals surface area contributed by atoms with E-state index >= 15 is 0 Å². The summed E-state index contributed by atoms with van der Waals surface area (Å²) < 4.78 is 0. The van der Waals surface area contributed by atoms with Crippen molar-refractivity contribution in [2.75, 3.05) is 38.1 Å². The fourth-order valence-electron chi connectivity index (χ4n) is 2.05. The van der Waals surface area contributed by atoms with Crippen LogP contribution in [0.1, 0.15) is 28.7 Å². The normalized spacial score (nSPS) is 17.1. The Morgan fingerprint density at radius 2 is 2.06 bits per heavy atom. The fourth-order valence-corrected chi connectivity index (χ4v) is 3.05. The molecule has 0 saturated carbocycles. The van der Waals surface area contributed by atoms with Crippen molar-refractivity contribution in [1.82, 2.24) is 9.88 Å². The quantitative estimate of drug-likeness (QED) is 0.898. The number of anilines is 1. The SMILES string of the molecule is CCCc1nc(N2CCN(C)CC2)sc1C(=O)O. The smallest absolute Gasteiger partial charge is 0.347 e. The second-order valence-electron chi connectivity index (χ2n) is 4.62. The number of piperazine rings is 1. The lowest BCUT2D eigenvalue weighted by Gasteiger charge is -2.32. The Morgan fingerprint density at radius 3 is 2.61 bits per heavy atom. The molecule has 6 heteroatoms. The van der Waals surface area contributed by atoms with E-state index < -0.39 is 5.97 Å². The summed E-state index contributed by atoms with van der Waals surface area (Å²) in [4.78, 5) is 20.6. The minimum atomic E-state index is -0.851. The van der Waals surface area contributed by atoms with Crippen LogP contribution >= 0.6 is 11.3 Å². The van der Waals surface area contributed by atoms with Gasteiger partial charge in [0.15, 0.2) is 5.13 Å². The maximum absolute atomic E-state index is 11.2. The number of likely N-dealkylation sites (N-methyl/N-ethyl adjacent to an activating group) is 1. The molecule has 0 unspecified atom stereocenters. The molecule has 1 aliphatic rings. The summed E-state index contributed by atoms with van der Waals surface area (Å²) in [6.07, 6.45) is 1.66. The number of aromatic carboxylic acids is 1. The van der Waals surface area contributed by atoms with Gasteiger partial charge in [-0.15, -0.1) is 0 Å². The number of nitrogens with zero attached hydrogens (tertiary/aromatic N) is 3. The molecule has 0 aromatic carbocycles. The van der Waals surface area contributed by atoms with Gasteiger partial charge >= 0.3 is 5.97 Å². The molecule has 0 radical (unpaired) electrons. The van der Waals surface area contributed by atoms with Gasteiger partial charge in [0.05, 0.1) is 5.69 Å². The molecule has 1 aromatic heterocycles. The number of hydrogen-bond acceptors (Lipinski definition) is 5. The second-order valence-corrected chi connectivity index (χ2v) is 5.60. The van der Waals surface area contributed by atoms with Crippen LogP contribution < -0.4 is 4.90 Å². The van der Waals surface area contributed by atoms with Crippen molar-refractivity contribution in [3.8, 4) is 0 Å². The highest BCUT2D eigenvalue weighted by atomic mass is 32.1. The molecule has 2 rings (SSSR count). The Bertz CT molecular complexity index is 425. The van der Waals surface area contributed by atoms with Gasteiger partial charge in [0, 0.05) is 26.2 Å². The van der Waals surface area contributed by atoms with E-state index in [1.807, 2.05) is 6.92 Å². The Labute approximate surface area is 111 Å². The first-order valence-electron chi connectivity index (χ1n) is 6.28.